The Balaban J connectivity index is 1.79. The Kier molecular flexibility index (Phi) is 9.54. The van der Waals surface area contributed by atoms with Crippen LogP contribution in [0.25, 0.3) is 0 Å². The van der Waals surface area contributed by atoms with Crippen LogP contribution in [0.1, 0.15) is 42.9 Å². The van der Waals surface area contributed by atoms with Crippen molar-refractivity contribution in [2.45, 2.75) is 46.3 Å². The number of hydrogen-bond donors (Lipinski definition) is 1. The van der Waals surface area contributed by atoms with E-state index in [0.29, 0.717) is 6.61 Å². The summed E-state index contributed by atoms with van der Waals surface area (Å²) in [6.07, 6.45) is 3.32. The van der Waals surface area contributed by atoms with Crippen LogP contribution >= 0.6 is 11.6 Å². The lowest BCUT2D eigenvalue weighted by atomic mass is 10.1. The fourth-order valence-electron chi connectivity index (χ4n) is 2.66. The van der Waals surface area contributed by atoms with Gasteiger partial charge in [0.1, 0.15) is 12.4 Å². The Hall–Kier alpha value is -1.55. The van der Waals surface area contributed by atoms with Crippen LogP contribution in [0.15, 0.2) is 42.5 Å². The summed E-state index contributed by atoms with van der Waals surface area (Å²) in [5.74, 6) is 0.877. The van der Waals surface area contributed by atoms with Gasteiger partial charge in [0.2, 0.25) is 0 Å². The predicted molar refractivity (Wildman–Crippen MR) is 109 cm³/mol. The second-order valence-electron chi connectivity index (χ2n) is 6.53. The van der Waals surface area contributed by atoms with Crippen LogP contribution in [-0.4, -0.2) is 19.8 Å². The first-order valence-electron chi connectivity index (χ1n) is 9.44. The molecule has 0 saturated heterocycles. The maximum atomic E-state index is 6.16. The Morgan fingerprint density at radius 2 is 1.88 bits per heavy atom. The van der Waals surface area contributed by atoms with Crippen molar-refractivity contribution in [3.05, 3.63) is 64.2 Å². The number of hydrogen-bond acceptors (Lipinski definition) is 3. The minimum atomic E-state index is 0.557. The van der Waals surface area contributed by atoms with Gasteiger partial charge in [-0.2, -0.15) is 0 Å². The monoisotopic (exact) mass is 375 g/mol. The zero-order chi connectivity index (χ0) is 18.6. The largest absolute Gasteiger partial charge is 0.489 e. The zero-order valence-electron chi connectivity index (χ0n) is 15.9. The normalized spacial score (nSPS) is 10.9. The van der Waals surface area contributed by atoms with Gasteiger partial charge in [0, 0.05) is 30.3 Å². The van der Waals surface area contributed by atoms with Crippen molar-refractivity contribution >= 4 is 11.6 Å². The fraction of sp³-hybridized carbons (Fsp3) is 0.455. The average molecular weight is 376 g/mol. The second-order valence-corrected chi connectivity index (χ2v) is 6.96. The molecule has 2 aromatic rings. The molecule has 0 amide bonds. The first-order valence-corrected chi connectivity index (χ1v) is 9.82. The molecule has 0 fully saturated rings. The summed E-state index contributed by atoms with van der Waals surface area (Å²) in [5.41, 5.74) is 3.49. The molecule has 0 heterocycles. The molecule has 3 nitrogen and oxygen atoms in total. The summed E-state index contributed by atoms with van der Waals surface area (Å²) in [6.45, 7) is 8.14. The highest BCUT2D eigenvalue weighted by molar-refractivity contribution is 6.30. The van der Waals surface area contributed by atoms with Crippen LogP contribution < -0.4 is 10.1 Å². The Bertz CT molecular complexity index is 660. The van der Waals surface area contributed by atoms with Gasteiger partial charge in [-0.25, -0.2) is 0 Å². The van der Waals surface area contributed by atoms with E-state index in [0.717, 1.165) is 55.5 Å². The number of aryl methyl sites for hydroxylation is 1. The molecule has 0 aliphatic rings. The van der Waals surface area contributed by atoms with Gasteiger partial charge >= 0.3 is 0 Å². The van der Waals surface area contributed by atoms with E-state index >= 15 is 0 Å². The summed E-state index contributed by atoms with van der Waals surface area (Å²) in [7, 11) is 0. The van der Waals surface area contributed by atoms with E-state index in [4.69, 9.17) is 21.1 Å². The Morgan fingerprint density at radius 1 is 1.04 bits per heavy atom. The van der Waals surface area contributed by atoms with E-state index in [-0.39, 0.29) is 0 Å². The van der Waals surface area contributed by atoms with E-state index in [1.165, 1.54) is 17.5 Å². The molecule has 142 valence electrons. The number of benzene rings is 2. The van der Waals surface area contributed by atoms with Gasteiger partial charge in [-0.3, -0.25) is 0 Å². The highest BCUT2D eigenvalue weighted by Gasteiger charge is 2.06. The smallest absolute Gasteiger partial charge is 0.124 e. The van der Waals surface area contributed by atoms with Gasteiger partial charge in [0.05, 0.1) is 0 Å². The first-order chi connectivity index (χ1) is 12.7. The molecule has 1 N–H and O–H groups in total. The summed E-state index contributed by atoms with van der Waals surface area (Å²) in [6, 6.07) is 14.2. The lowest BCUT2D eigenvalue weighted by Gasteiger charge is -2.13. The van der Waals surface area contributed by atoms with Crippen LogP contribution in [0.5, 0.6) is 5.75 Å². The molecule has 0 aromatic heterocycles. The molecule has 0 saturated carbocycles. The van der Waals surface area contributed by atoms with Crippen LogP contribution in [-0.2, 0) is 17.9 Å². The predicted octanol–water partition coefficient (Wildman–Crippen LogP) is 5.52. The van der Waals surface area contributed by atoms with Gasteiger partial charge in [-0.05, 0) is 50.1 Å². The number of rotatable bonds is 12. The van der Waals surface area contributed by atoms with Crippen LogP contribution in [0.3, 0.4) is 0 Å². The van der Waals surface area contributed by atoms with Crippen molar-refractivity contribution in [1.82, 2.24) is 5.32 Å². The third kappa shape index (κ3) is 7.77. The summed E-state index contributed by atoms with van der Waals surface area (Å²) in [4.78, 5) is 0. The van der Waals surface area contributed by atoms with E-state index in [9.17, 15) is 0 Å². The van der Waals surface area contributed by atoms with Crippen molar-refractivity contribution in [1.29, 1.82) is 0 Å². The molecule has 0 atom stereocenters. The average Bonchev–Trinajstić information content (AvgIpc) is 2.63. The molecular weight excluding hydrogens is 346 g/mol. The van der Waals surface area contributed by atoms with E-state index < -0.39 is 0 Å². The fourth-order valence-corrected chi connectivity index (χ4v) is 2.86. The highest BCUT2D eigenvalue weighted by atomic mass is 35.5. The van der Waals surface area contributed by atoms with Gasteiger partial charge in [-0.1, -0.05) is 54.8 Å². The minimum absolute atomic E-state index is 0.557. The topological polar surface area (TPSA) is 30.5 Å². The molecule has 0 unspecified atom stereocenters. The maximum Gasteiger partial charge on any atom is 0.124 e. The van der Waals surface area contributed by atoms with Gasteiger partial charge in [0.25, 0.3) is 0 Å². The lowest BCUT2D eigenvalue weighted by Crippen LogP contribution is -2.17. The SMILES string of the molecule is CCCCOCCCNCc1cc(Cl)ccc1OCc1cccc(C)c1. The summed E-state index contributed by atoms with van der Waals surface area (Å²) < 4.78 is 11.6. The van der Waals surface area contributed by atoms with Crippen molar-refractivity contribution in [2.75, 3.05) is 19.8 Å². The quantitative estimate of drug-likeness (QED) is 0.495. The molecule has 0 bridgehead atoms. The zero-order valence-corrected chi connectivity index (χ0v) is 16.6. The highest BCUT2D eigenvalue weighted by Crippen LogP contribution is 2.24. The number of nitrogens with one attached hydrogen (secondary N) is 1. The molecule has 0 aliphatic carbocycles. The third-order valence-corrected chi connectivity index (χ3v) is 4.33. The molecule has 2 rings (SSSR count). The minimum Gasteiger partial charge on any atom is -0.489 e. The third-order valence-electron chi connectivity index (χ3n) is 4.10. The van der Waals surface area contributed by atoms with Crippen LogP contribution in [0.2, 0.25) is 5.02 Å². The second kappa shape index (κ2) is 11.9. The van der Waals surface area contributed by atoms with Crippen molar-refractivity contribution in [2.24, 2.45) is 0 Å². The molecule has 0 aliphatic heterocycles. The number of unbranched alkanes of at least 4 members (excludes halogenated alkanes) is 1. The van der Waals surface area contributed by atoms with Crippen LogP contribution in [0, 0.1) is 6.92 Å². The Labute approximate surface area is 162 Å². The van der Waals surface area contributed by atoms with E-state index in [1.54, 1.807) is 0 Å². The van der Waals surface area contributed by atoms with Crippen molar-refractivity contribution in [3.63, 3.8) is 0 Å². The maximum absolute atomic E-state index is 6.16. The van der Waals surface area contributed by atoms with Gasteiger partial charge in [0.15, 0.2) is 0 Å². The summed E-state index contributed by atoms with van der Waals surface area (Å²) in [5, 5.41) is 4.18. The van der Waals surface area contributed by atoms with Crippen molar-refractivity contribution in [3.8, 4) is 5.75 Å². The Morgan fingerprint density at radius 3 is 2.69 bits per heavy atom. The molecule has 26 heavy (non-hydrogen) atoms. The standard InChI is InChI=1S/C22H30ClNO2/c1-3-4-12-25-13-6-11-24-16-20-15-21(23)9-10-22(20)26-17-19-8-5-7-18(2)14-19/h5,7-10,14-15,24H,3-4,6,11-13,16-17H2,1-2H3. The van der Waals surface area contributed by atoms with Crippen molar-refractivity contribution < 1.29 is 9.47 Å². The first kappa shape index (κ1) is 20.8. The molecule has 4 heteroatoms. The number of halogens is 1. The number of ether oxygens (including phenoxy) is 2. The van der Waals surface area contributed by atoms with Gasteiger partial charge < -0.3 is 14.8 Å². The molecule has 0 spiro atoms. The summed E-state index contributed by atoms with van der Waals surface area (Å²) >= 11 is 6.16. The van der Waals surface area contributed by atoms with E-state index in [1.807, 2.05) is 18.2 Å². The molecule has 0 radical (unpaired) electrons. The molecule has 2 aromatic carbocycles. The van der Waals surface area contributed by atoms with Crippen LogP contribution in [0.4, 0.5) is 0 Å². The van der Waals surface area contributed by atoms with E-state index in [2.05, 4.69) is 43.4 Å². The van der Waals surface area contributed by atoms with Gasteiger partial charge in [-0.15, -0.1) is 0 Å². The lowest BCUT2D eigenvalue weighted by molar-refractivity contribution is 0.128. The molecular formula is C22H30ClNO2.